The van der Waals surface area contributed by atoms with Crippen molar-refractivity contribution in [3.63, 3.8) is 0 Å². The molecule has 1 aromatic rings. The molecule has 0 aliphatic rings. The molecule has 0 bridgehead atoms. The highest BCUT2D eigenvalue weighted by atomic mass is 32.2. The molecule has 0 spiro atoms. The maximum Gasteiger partial charge on any atom is 0.387 e. The summed E-state index contributed by atoms with van der Waals surface area (Å²) in [5.41, 5.74) is 0.959. The van der Waals surface area contributed by atoms with Crippen molar-refractivity contribution in [1.82, 2.24) is 5.32 Å². The number of ether oxygens (including phenoxy) is 1. The lowest BCUT2D eigenvalue weighted by molar-refractivity contribution is -0.118. The van der Waals surface area contributed by atoms with Crippen LogP contribution in [-0.4, -0.2) is 29.6 Å². The molecule has 0 aliphatic heterocycles. The number of hydrogen-bond donors (Lipinski definition) is 1. The summed E-state index contributed by atoms with van der Waals surface area (Å²) >= 11 is 1.60. The van der Waals surface area contributed by atoms with Gasteiger partial charge in [0.2, 0.25) is 5.91 Å². The second kappa shape index (κ2) is 8.22. The van der Waals surface area contributed by atoms with Crippen LogP contribution in [0.1, 0.15) is 26.3 Å². The smallest absolute Gasteiger partial charge is 0.387 e. The van der Waals surface area contributed by atoms with Crippen molar-refractivity contribution in [1.29, 1.82) is 0 Å². The van der Waals surface area contributed by atoms with Crippen molar-refractivity contribution in [2.45, 2.75) is 38.6 Å². The van der Waals surface area contributed by atoms with Gasteiger partial charge in [0.15, 0.2) is 0 Å². The largest absolute Gasteiger partial charge is 0.435 e. The molecule has 21 heavy (non-hydrogen) atoms. The van der Waals surface area contributed by atoms with E-state index < -0.39 is 6.61 Å². The maximum absolute atomic E-state index is 12.0. The number of halogens is 2. The van der Waals surface area contributed by atoms with E-state index in [1.54, 1.807) is 23.9 Å². The van der Waals surface area contributed by atoms with Crippen molar-refractivity contribution < 1.29 is 18.3 Å². The van der Waals surface area contributed by atoms with E-state index in [-0.39, 0.29) is 16.4 Å². The molecule has 118 valence electrons. The summed E-state index contributed by atoms with van der Waals surface area (Å²) in [5.74, 6) is 0.581. The van der Waals surface area contributed by atoms with E-state index in [1.165, 1.54) is 12.1 Å². The van der Waals surface area contributed by atoms with Crippen molar-refractivity contribution in [3.05, 3.63) is 29.8 Å². The second-order valence-corrected chi connectivity index (χ2v) is 7.33. The molecule has 0 fully saturated rings. The van der Waals surface area contributed by atoms with Crippen molar-refractivity contribution in [2.24, 2.45) is 0 Å². The van der Waals surface area contributed by atoms with Gasteiger partial charge in [0.1, 0.15) is 5.75 Å². The summed E-state index contributed by atoms with van der Waals surface area (Å²) in [6, 6.07) is 6.43. The predicted octanol–water partition coefficient (Wildman–Crippen LogP) is 3.48. The average Bonchev–Trinajstić information content (AvgIpc) is 2.37. The van der Waals surface area contributed by atoms with Gasteiger partial charge in [0.25, 0.3) is 0 Å². The fraction of sp³-hybridized carbons (Fsp3) is 0.533. The molecule has 0 saturated carbocycles. The molecule has 1 aromatic carbocycles. The molecule has 1 amide bonds. The lowest BCUT2D eigenvalue weighted by atomic mass is 10.1. The number of carbonyl (C=O) groups excluding carboxylic acids is 1. The van der Waals surface area contributed by atoms with Crippen LogP contribution in [0, 0.1) is 0 Å². The standard InChI is InChI=1S/C15H21F2NO2S/c1-15(2,3)21-10-13(19)18-9-8-11-4-6-12(7-5-11)20-14(16)17/h4-7,14H,8-10H2,1-3H3,(H,18,19). The molecule has 0 heterocycles. The Morgan fingerprint density at radius 3 is 2.43 bits per heavy atom. The van der Waals surface area contributed by atoms with Crippen LogP contribution >= 0.6 is 11.8 Å². The molecule has 0 aromatic heterocycles. The highest BCUT2D eigenvalue weighted by Gasteiger charge is 2.12. The van der Waals surface area contributed by atoms with Crippen LogP contribution in [0.5, 0.6) is 5.75 Å². The van der Waals surface area contributed by atoms with Gasteiger partial charge in [0, 0.05) is 11.3 Å². The third-order valence-electron chi connectivity index (χ3n) is 2.52. The molecular weight excluding hydrogens is 296 g/mol. The van der Waals surface area contributed by atoms with Gasteiger partial charge in [-0.25, -0.2) is 0 Å². The fourth-order valence-corrected chi connectivity index (χ4v) is 2.18. The van der Waals surface area contributed by atoms with Gasteiger partial charge in [0.05, 0.1) is 5.75 Å². The van der Waals surface area contributed by atoms with Crippen LogP contribution in [0.2, 0.25) is 0 Å². The van der Waals surface area contributed by atoms with Crippen LogP contribution in [0.3, 0.4) is 0 Å². The zero-order valence-electron chi connectivity index (χ0n) is 12.5. The predicted molar refractivity (Wildman–Crippen MR) is 82.0 cm³/mol. The SMILES string of the molecule is CC(C)(C)SCC(=O)NCCc1ccc(OC(F)F)cc1. The molecule has 0 aliphatic carbocycles. The van der Waals surface area contributed by atoms with Gasteiger partial charge < -0.3 is 10.1 Å². The van der Waals surface area contributed by atoms with Gasteiger partial charge in [-0.1, -0.05) is 32.9 Å². The molecule has 1 N–H and O–H groups in total. The number of carbonyl (C=O) groups is 1. The van der Waals surface area contributed by atoms with Crippen molar-refractivity contribution in [3.8, 4) is 5.75 Å². The summed E-state index contributed by atoms with van der Waals surface area (Å²) < 4.78 is 28.3. The fourth-order valence-electron chi connectivity index (χ4n) is 1.52. The van der Waals surface area contributed by atoms with E-state index in [9.17, 15) is 13.6 Å². The monoisotopic (exact) mass is 317 g/mol. The lowest BCUT2D eigenvalue weighted by Crippen LogP contribution is -2.28. The molecular formula is C15H21F2NO2S. The Hall–Kier alpha value is -1.30. The van der Waals surface area contributed by atoms with E-state index in [0.29, 0.717) is 18.7 Å². The summed E-state index contributed by atoms with van der Waals surface area (Å²) in [4.78, 5) is 11.6. The van der Waals surface area contributed by atoms with E-state index in [1.807, 2.05) is 0 Å². The van der Waals surface area contributed by atoms with E-state index >= 15 is 0 Å². The van der Waals surface area contributed by atoms with E-state index in [0.717, 1.165) is 5.56 Å². The summed E-state index contributed by atoms with van der Waals surface area (Å²) in [7, 11) is 0. The number of thioether (sulfide) groups is 1. The first-order valence-corrected chi connectivity index (χ1v) is 7.69. The third-order valence-corrected chi connectivity index (χ3v) is 3.79. The van der Waals surface area contributed by atoms with Crippen LogP contribution in [0.4, 0.5) is 8.78 Å². The highest BCUT2D eigenvalue weighted by molar-refractivity contribution is 8.01. The first-order chi connectivity index (χ1) is 9.76. The minimum absolute atomic E-state index is 0.00702. The Kier molecular flexibility index (Phi) is 6.95. The topological polar surface area (TPSA) is 38.3 Å². The van der Waals surface area contributed by atoms with E-state index in [2.05, 4.69) is 30.8 Å². The number of rotatable bonds is 7. The van der Waals surface area contributed by atoms with E-state index in [4.69, 9.17) is 0 Å². The second-order valence-electron chi connectivity index (χ2n) is 5.52. The van der Waals surface area contributed by atoms with Gasteiger partial charge in [-0.3, -0.25) is 4.79 Å². The van der Waals surface area contributed by atoms with Gasteiger partial charge in [-0.2, -0.15) is 8.78 Å². The quantitative estimate of drug-likeness (QED) is 0.837. The zero-order valence-corrected chi connectivity index (χ0v) is 13.3. The summed E-state index contributed by atoms with van der Waals surface area (Å²) in [6.45, 7) is 3.91. The van der Waals surface area contributed by atoms with Crippen LogP contribution < -0.4 is 10.1 Å². The Morgan fingerprint density at radius 2 is 1.90 bits per heavy atom. The third kappa shape index (κ3) is 8.55. The Bertz CT molecular complexity index is 444. The number of alkyl halides is 2. The first-order valence-electron chi connectivity index (χ1n) is 6.71. The molecule has 0 radical (unpaired) electrons. The molecule has 6 heteroatoms. The highest BCUT2D eigenvalue weighted by Crippen LogP contribution is 2.22. The normalized spacial score (nSPS) is 11.5. The first kappa shape index (κ1) is 17.8. The molecule has 0 atom stereocenters. The number of hydrogen-bond acceptors (Lipinski definition) is 3. The minimum Gasteiger partial charge on any atom is -0.435 e. The van der Waals surface area contributed by atoms with Crippen molar-refractivity contribution in [2.75, 3.05) is 12.3 Å². The van der Waals surface area contributed by atoms with Crippen LogP contribution in [0.15, 0.2) is 24.3 Å². The zero-order chi connectivity index (χ0) is 15.9. The summed E-state index contributed by atoms with van der Waals surface area (Å²) in [6.07, 6.45) is 0.654. The Labute approximate surface area is 128 Å². The van der Waals surface area contributed by atoms with Crippen LogP contribution in [0.25, 0.3) is 0 Å². The molecule has 0 saturated heterocycles. The molecule has 0 unspecified atom stereocenters. The van der Waals surface area contributed by atoms with Gasteiger partial charge in [-0.15, -0.1) is 11.8 Å². The number of benzene rings is 1. The number of amides is 1. The maximum atomic E-state index is 12.0. The summed E-state index contributed by atoms with van der Waals surface area (Å²) in [5, 5.41) is 2.84. The van der Waals surface area contributed by atoms with Crippen molar-refractivity contribution >= 4 is 17.7 Å². The molecule has 1 rings (SSSR count). The Morgan fingerprint density at radius 1 is 1.29 bits per heavy atom. The Balaban J connectivity index is 2.27. The van der Waals surface area contributed by atoms with Gasteiger partial charge in [-0.05, 0) is 24.1 Å². The molecule has 3 nitrogen and oxygen atoms in total. The minimum atomic E-state index is -2.81. The number of nitrogens with one attached hydrogen (secondary N) is 1. The van der Waals surface area contributed by atoms with Gasteiger partial charge >= 0.3 is 6.61 Å². The lowest BCUT2D eigenvalue weighted by Gasteiger charge is -2.16. The average molecular weight is 317 g/mol. The van der Waals surface area contributed by atoms with Crippen LogP contribution in [-0.2, 0) is 11.2 Å².